The lowest BCUT2D eigenvalue weighted by molar-refractivity contribution is -0.0498. The average molecular weight is 416 g/mol. The molecule has 0 radical (unpaired) electrons. The zero-order valence-corrected chi connectivity index (χ0v) is 17.1. The Hall–Kier alpha value is -3.42. The lowest BCUT2D eigenvalue weighted by Gasteiger charge is -2.14. The number of halogens is 2. The minimum absolute atomic E-state index is 0.0497. The largest absolute Gasteiger partial charge is 0.450 e. The molecule has 1 atom stereocenters. The molecule has 0 saturated heterocycles. The molecule has 3 aromatic rings. The Morgan fingerprint density at radius 3 is 2.30 bits per heavy atom. The van der Waals surface area contributed by atoms with Gasteiger partial charge in [0.25, 0.3) is 0 Å². The quantitative estimate of drug-likeness (QED) is 0.421. The Labute approximate surface area is 172 Å². The number of alkyl halides is 2. The summed E-state index contributed by atoms with van der Waals surface area (Å²) in [5, 5.41) is 0. The van der Waals surface area contributed by atoms with Crippen molar-refractivity contribution >= 4 is 11.8 Å². The van der Waals surface area contributed by atoms with Crippen LogP contribution in [0.2, 0.25) is 0 Å². The third-order valence-electron chi connectivity index (χ3n) is 4.82. The minimum atomic E-state index is -2.89. The average Bonchev–Trinajstić information content (AvgIpc) is 3.24. The summed E-state index contributed by atoms with van der Waals surface area (Å²) in [5.74, 6) is -0.852. The van der Waals surface area contributed by atoms with Crippen molar-refractivity contribution in [1.82, 2.24) is 9.13 Å². The molecule has 0 aliphatic rings. The molecule has 0 amide bonds. The number of nitrogens with zero attached hydrogens (tertiary/aromatic N) is 2. The number of ether oxygens (including phenoxy) is 2. The maximum atomic E-state index is 12.9. The Kier molecular flexibility index (Phi) is 6.05. The van der Waals surface area contributed by atoms with Crippen molar-refractivity contribution in [3.63, 3.8) is 0 Å². The van der Waals surface area contributed by atoms with Crippen LogP contribution in [0.4, 0.5) is 8.78 Å². The predicted octanol–water partition coefficient (Wildman–Crippen LogP) is 4.46. The van der Waals surface area contributed by atoms with Gasteiger partial charge in [-0.15, -0.1) is 0 Å². The van der Waals surface area contributed by atoms with Crippen LogP contribution in [0.5, 0.6) is 5.75 Å². The maximum absolute atomic E-state index is 12.9. The second kappa shape index (κ2) is 8.52. The van der Waals surface area contributed by atoms with Gasteiger partial charge < -0.3 is 18.6 Å². The van der Waals surface area contributed by atoms with E-state index in [9.17, 15) is 18.4 Å². The van der Waals surface area contributed by atoms with E-state index >= 15 is 0 Å². The van der Waals surface area contributed by atoms with Crippen LogP contribution < -0.4 is 4.74 Å². The predicted molar refractivity (Wildman–Crippen MR) is 106 cm³/mol. The van der Waals surface area contributed by atoms with E-state index in [4.69, 9.17) is 4.74 Å². The van der Waals surface area contributed by atoms with Crippen LogP contribution in [0.25, 0.3) is 5.69 Å². The SMILES string of the molecule is Cc1cc(C(=O)C(C)OC(=O)c2cccn2C)c(C)n1-c1ccc(OC(F)F)cc1. The highest BCUT2D eigenvalue weighted by Gasteiger charge is 2.25. The maximum Gasteiger partial charge on any atom is 0.387 e. The normalized spacial score (nSPS) is 12.1. The van der Waals surface area contributed by atoms with Crippen molar-refractivity contribution in [2.24, 2.45) is 7.05 Å². The second-order valence-electron chi connectivity index (χ2n) is 6.91. The van der Waals surface area contributed by atoms with Crippen molar-refractivity contribution in [3.05, 3.63) is 71.3 Å². The van der Waals surface area contributed by atoms with Crippen molar-refractivity contribution in [3.8, 4) is 11.4 Å². The highest BCUT2D eigenvalue weighted by molar-refractivity contribution is 6.02. The first kappa shape index (κ1) is 21.3. The topological polar surface area (TPSA) is 62.5 Å². The fraction of sp³-hybridized carbons (Fsp3) is 0.273. The molecule has 0 spiro atoms. The summed E-state index contributed by atoms with van der Waals surface area (Å²) < 4.78 is 37.8. The zero-order chi connectivity index (χ0) is 22.0. The summed E-state index contributed by atoms with van der Waals surface area (Å²) in [7, 11) is 1.72. The number of hydrogen-bond acceptors (Lipinski definition) is 4. The van der Waals surface area contributed by atoms with Gasteiger partial charge in [-0.25, -0.2) is 4.79 Å². The number of Topliss-reactive ketones (excluding diaryl/α,β-unsaturated/α-hetero) is 1. The molecule has 0 N–H and O–H groups in total. The Morgan fingerprint density at radius 2 is 1.73 bits per heavy atom. The third-order valence-corrected chi connectivity index (χ3v) is 4.82. The summed E-state index contributed by atoms with van der Waals surface area (Å²) in [6.45, 7) is 2.24. The third kappa shape index (κ3) is 4.27. The van der Waals surface area contributed by atoms with Gasteiger partial charge >= 0.3 is 12.6 Å². The number of carbonyl (C=O) groups excluding carboxylic acids is 2. The van der Waals surface area contributed by atoms with Crippen LogP contribution in [0.3, 0.4) is 0 Å². The number of carbonyl (C=O) groups is 2. The summed E-state index contributed by atoms with van der Waals surface area (Å²) in [4.78, 5) is 25.2. The van der Waals surface area contributed by atoms with Gasteiger partial charge in [-0.3, -0.25) is 4.79 Å². The highest BCUT2D eigenvalue weighted by Crippen LogP contribution is 2.25. The summed E-state index contributed by atoms with van der Waals surface area (Å²) >= 11 is 0. The molecule has 2 heterocycles. The smallest absolute Gasteiger partial charge is 0.387 e. The van der Waals surface area contributed by atoms with Crippen molar-refractivity contribution in [2.75, 3.05) is 0 Å². The molecule has 3 rings (SSSR count). The van der Waals surface area contributed by atoms with Gasteiger partial charge in [0.15, 0.2) is 6.10 Å². The van der Waals surface area contributed by atoms with Crippen molar-refractivity contribution < 1.29 is 27.8 Å². The van der Waals surface area contributed by atoms with Gasteiger partial charge in [-0.2, -0.15) is 8.78 Å². The van der Waals surface area contributed by atoms with Crippen LogP contribution in [-0.4, -0.2) is 33.6 Å². The number of aryl methyl sites for hydroxylation is 2. The van der Waals surface area contributed by atoms with Crippen LogP contribution in [0, 0.1) is 13.8 Å². The molecule has 1 unspecified atom stereocenters. The summed E-state index contributed by atoms with van der Waals surface area (Å²) in [6.07, 6.45) is 0.747. The Balaban J connectivity index is 1.81. The first-order valence-corrected chi connectivity index (χ1v) is 9.29. The van der Waals surface area contributed by atoms with E-state index in [2.05, 4.69) is 4.74 Å². The highest BCUT2D eigenvalue weighted by atomic mass is 19.3. The molecule has 158 valence electrons. The van der Waals surface area contributed by atoms with Crippen molar-refractivity contribution in [2.45, 2.75) is 33.5 Å². The minimum Gasteiger partial charge on any atom is -0.450 e. The van der Waals surface area contributed by atoms with E-state index in [0.717, 1.165) is 5.69 Å². The fourth-order valence-corrected chi connectivity index (χ4v) is 3.35. The first-order valence-electron chi connectivity index (χ1n) is 9.29. The number of benzene rings is 1. The number of rotatable bonds is 7. The van der Waals surface area contributed by atoms with E-state index in [1.54, 1.807) is 55.1 Å². The van der Waals surface area contributed by atoms with Gasteiger partial charge in [0, 0.05) is 35.9 Å². The molecule has 0 bridgehead atoms. The van der Waals surface area contributed by atoms with Gasteiger partial charge in [-0.1, -0.05) is 0 Å². The molecule has 30 heavy (non-hydrogen) atoms. The van der Waals surface area contributed by atoms with E-state index in [0.29, 0.717) is 22.6 Å². The summed E-state index contributed by atoms with van der Waals surface area (Å²) in [6, 6.07) is 11.2. The zero-order valence-electron chi connectivity index (χ0n) is 17.1. The van der Waals surface area contributed by atoms with Crippen LogP contribution >= 0.6 is 0 Å². The van der Waals surface area contributed by atoms with Gasteiger partial charge in [0.2, 0.25) is 5.78 Å². The van der Waals surface area contributed by atoms with Gasteiger partial charge in [-0.05, 0) is 63.2 Å². The van der Waals surface area contributed by atoms with E-state index in [1.807, 2.05) is 11.5 Å². The molecule has 2 aromatic heterocycles. The lowest BCUT2D eigenvalue weighted by Crippen LogP contribution is -2.25. The molecular formula is C22H22F2N2O4. The number of aromatic nitrogens is 2. The molecule has 0 aliphatic carbocycles. The van der Waals surface area contributed by atoms with Crippen LogP contribution in [0.15, 0.2) is 48.7 Å². The monoisotopic (exact) mass is 416 g/mol. The van der Waals surface area contributed by atoms with E-state index < -0.39 is 18.7 Å². The molecule has 6 nitrogen and oxygen atoms in total. The summed E-state index contributed by atoms with van der Waals surface area (Å²) in [5.41, 5.74) is 2.90. The van der Waals surface area contributed by atoms with E-state index in [1.165, 1.54) is 19.1 Å². The van der Waals surface area contributed by atoms with E-state index in [-0.39, 0.29) is 11.5 Å². The molecule has 1 aromatic carbocycles. The molecule has 0 fully saturated rings. The first-order chi connectivity index (χ1) is 14.2. The molecule has 0 aliphatic heterocycles. The number of hydrogen-bond donors (Lipinski definition) is 0. The second-order valence-corrected chi connectivity index (χ2v) is 6.91. The Bertz CT molecular complexity index is 1070. The van der Waals surface area contributed by atoms with Crippen molar-refractivity contribution in [1.29, 1.82) is 0 Å². The lowest BCUT2D eigenvalue weighted by atomic mass is 10.1. The Morgan fingerprint density at radius 1 is 1.07 bits per heavy atom. The molecule has 0 saturated carbocycles. The van der Waals surface area contributed by atoms with Gasteiger partial charge in [0.05, 0.1) is 0 Å². The van der Waals surface area contributed by atoms with Crippen LogP contribution in [-0.2, 0) is 11.8 Å². The molecule has 8 heteroatoms. The fourth-order valence-electron chi connectivity index (χ4n) is 3.35. The van der Waals surface area contributed by atoms with Crippen LogP contribution in [0.1, 0.15) is 39.2 Å². The van der Waals surface area contributed by atoms with Gasteiger partial charge in [0.1, 0.15) is 11.4 Å². The number of ketones is 1. The molecular weight excluding hydrogens is 394 g/mol. The number of esters is 1. The standard InChI is InChI=1S/C22H22F2N2O4/c1-13-12-18(20(27)15(3)29-21(28)19-6-5-11-25(19)4)14(2)26(13)16-7-9-17(10-8-16)30-22(23)24/h5-12,15,22H,1-4H3.